The molecule has 5 heteroatoms. The van der Waals surface area contributed by atoms with Gasteiger partial charge in [0.05, 0.1) is 44.6 Å². The molecule has 0 saturated carbocycles. The van der Waals surface area contributed by atoms with E-state index in [1.807, 2.05) is 112 Å². The second kappa shape index (κ2) is 9.74. The third-order valence-electron chi connectivity index (χ3n) is 8.45. The summed E-state index contributed by atoms with van der Waals surface area (Å²) in [5, 5.41) is 37.0. The topological polar surface area (TPSA) is 81.2 Å². The summed E-state index contributed by atoms with van der Waals surface area (Å²) in [6.45, 7) is 0. The van der Waals surface area contributed by atoms with Gasteiger partial charge in [0, 0.05) is 27.1 Å². The van der Waals surface area contributed by atoms with Crippen LogP contribution in [-0.4, -0.2) is 9.13 Å². The number of nitriles is 3. The van der Waals surface area contributed by atoms with Crippen LogP contribution in [0.2, 0.25) is 0 Å². The van der Waals surface area contributed by atoms with Crippen LogP contribution in [0.4, 0.5) is 0 Å². The van der Waals surface area contributed by atoms with E-state index in [0.717, 1.165) is 49.2 Å². The molecule has 202 valence electrons. The third-order valence-corrected chi connectivity index (χ3v) is 8.45. The molecule has 0 atom stereocenters. The van der Waals surface area contributed by atoms with Gasteiger partial charge >= 0.3 is 0 Å². The van der Waals surface area contributed by atoms with E-state index in [-0.39, 0.29) is 16.7 Å². The molecule has 8 aromatic rings. The van der Waals surface area contributed by atoms with Gasteiger partial charge in [-0.1, -0.05) is 103 Å². The first-order valence-electron chi connectivity index (χ1n) is 14.2. The number of fused-ring (bicyclic) bond motifs is 6. The monoisotopic (exact) mass is 559 g/mol. The number of rotatable bonds is 3. The lowest BCUT2D eigenvalue weighted by Gasteiger charge is -2.22. The maximum absolute atomic E-state index is 11.1. The van der Waals surface area contributed by atoms with E-state index in [4.69, 9.17) is 0 Å². The van der Waals surface area contributed by atoms with Crippen molar-refractivity contribution in [3.05, 3.63) is 144 Å². The van der Waals surface area contributed by atoms with E-state index in [9.17, 15) is 15.8 Å². The zero-order valence-electron chi connectivity index (χ0n) is 23.4. The van der Waals surface area contributed by atoms with Crippen LogP contribution in [0.25, 0.3) is 66.1 Å². The molecule has 0 aliphatic rings. The van der Waals surface area contributed by atoms with E-state index >= 15 is 0 Å². The summed E-state index contributed by atoms with van der Waals surface area (Å²) < 4.78 is 4.04. The summed E-state index contributed by atoms with van der Waals surface area (Å²) in [4.78, 5) is 0. The molecule has 0 aliphatic carbocycles. The molecule has 2 aromatic heterocycles. The van der Waals surface area contributed by atoms with E-state index in [2.05, 4.69) is 42.5 Å². The van der Waals surface area contributed by atoms with Gasteiger partial charge in [-0.25, -0.2) is 0 Å². The van der Waals surface area contributed by atoms with Crippen LogP contribution in [0.3, 0.4) is 0 Å². The molecule has 44 heavy (non-hydrogen) atoms. The number of nitrogens with zero attached hydrogens (tertiary/aromatic N) is 5. The average Bonchev–Trinajstić information content (AvgIpc) is 3.60. The maximum Gasteiger partial charge on any atom is 0.104 e. The molecular formula is C39H21N5. The van der Waals surface area contributed by atoms with Crippen molar-refractivity contribution in [3.8, 4) is 40.7 Å². The van der Waals surface area contributed by atoms with Gasteiger partial charge in [0.2, 0.25) is 0 Å². The van der Waals surface area contributed by atoms with Crippen LogP contribution in [0.15, 0.2) is 127 Å². The van der Waals surface area contributed by atoms with Gasteiger partial charge in [0.15, 0.2) is 0 Å². The molecule has 0 amide bonds. The minimum Gasteiger partial charge on any atom is -0.307 e. The lowest BCUT2D eigenvalue weighted by atomic mass is 9.89. The summed E-state index contributed by atoms with van der Waals surface area (Å²) >= 11 is 0. The standard InChI is InChI=1S/C39H21N5/c40-22-30-37(25-12-2-1-3-13-25)31(23-41)39(44-35-20-10-6-16-28(35)29-17-7-11-21-36(29)44)32(24-42)38(30)43-33-18-8-4-14-26(33)27-15-5-9-19-34(27)43/h1-21H. The van der Waals surface area contributed by atoms with Gasteiger partial charge in [0.1, 0.15) is 23.8 Å². The lowest BCUT2D eigenvalue weighted by molar-refractivity contribution is 1.10. The summed E-state index contributed by atoms with van der Waals surface area (Å²) in [6, 6.07) is 49.0. The molecule has 0 bridgehead atoms. The Bertz CT molecular complexity index is 2320. The molecule has 0 aliphatic heterocycles. The number of hydrogen-bond donors (Lipinski definition) is 0. The first-order chi connectivity index (χ1) is 21.8. The molecule has 0 spiro atoms. The first-order valence-corrected chi connectivity index (χ1v) is 14.2. The first kappa shape index (κ1) is 25.1. The molecule has 0 N–H and O–H groups in total. The van der Waals surface area contributed by atoms with Crippen LogP contribution >= 0.6 is 0 Å². The minimum atomic E-state index is 0.260. The molecule has 6 aromatic carbocycles. The Morgan fingerprint density at radius 2 is 0.682 bits per heavy atom. The van der Waals surface area contributed by atoms with Crippen molar-refractivity contribution in [3.63, 3.8) is 0 Å². The highest BCUT2D eigenvalue weighted by molar-refractivity contribution is 6.12. The van der Waals surface area contributed by atoms with Crippen molar-refractivity contribution < 1.29 is 0 Å². The summed E-state index contributed by atoms with van der Waals surface area (Å²) in [7, 11) is 0. The number of para-hydroxylation sites is 4. The normalized spacial score (nSPS) is 11.1. The SMILES string of the molecule is N#Cc1c(-c2ccccc2)c(C#N)c(-n2c3ccccc3c3ccccc32)c(C#N)c1-n1c2ccccc2c2ccccc21. The summed E-state index contributed by atoms with van der Waals surface area (Å²) in [5.41, 5.74) is 6.47. The smallest absolute Gasteiger partial charge is 0.104 e. The fourth-order valence-electron chi connectivity index (χ4n) is 6.72. The van der Waals surface area contributed by atoms with Gasteiger partial charge in [-0.05, 0) is 29.8 Å². The maximum atomic E-state index is 11.1. The number of aromatic nitrogens is 2. The zero-order valence-corrected chi connectivity index (χ0v) is 23.4. The fraction of sp³-hybridized carbons (Fsp3) is 0. The van der Waals surface area contributed by atoms with Crippen LogP contribution < -0.4 is 0 Å². The lowest BCUT2D eigenvalue weighted by Crippen LogP contribution is -2.11. The van der Waals surface area contributed by atoms with Gasteiger partial charge < -0.3 is 9.13 Å². The molecule has 5 nitrogen and oxygen atoms in total. The molecule has 2 heterocycles. The van der Waals surface area contributed by atoms with Crippen molar-refractivity contribution in [1.82, 2.24) is 9.13 Å². The van der Waals surface area contributed by atoms with Crippen LogP contribution in [0.1, 0.15) is 16.7 Å². The average molecular weight is 560 g/mol. The zero-order chi connectivity index (χ0) is 29.8. The van der Waals surface area contributed by atoms with Crippen molar-refractivity contribution in [2.24, 2.45) is 0 Å². The molecule has 8 rings (SSSR count). The van der Waals surface area contributed by atoms with Gasteiger partial charge in [0.25, 0.3) is 0 Å². The van der Waals surface area contributed by atoms with Crippen LogP contribution in [0, 0.1) is 34.0 Å². The Labute approximate surface area is 252 Å². The molecule has 0 unspecified atom stereocenters. The number of hydrogen-bond acceptors (Lipinski definition) is 3. The Hall–Kier alpha value is -6.61. The molecular weight excluding hydrogens is 538 g/mol. The van der Waals surface area contributed by atoms with Crippen molar-refractivity contribution in [2.45, 2.75) is 0 Å². The molecule has 0 radical (unpaired) electrons. The van der Waals surface area contributed by atoms with E-state index in [1.54, 1.807) is 0 Å². The van der Waals surface area contributed by atoms with E-state index < -0.39 is 0 Å². The highest BCUT2D eigenvalue weighted by atomic mass is 15.0. The minimum absolute atomic E-state index is 0.260. The summed E-state index contributed by atoms with van der Waals surface area (Å²) in [5.74, 6) is 0. The second-order valence-electron chi connectivity index (χ2n) is 10.6. The van der Waals surface area contributed by atoms with Gasteiger partial charge in [-0.2, -0.15) is 15.8 Å². The quantitative estimate of drug-likeness (QED) is 0.216. The van der Waals surface area contributed by atoms with Crippen LogP contribution in [-0.2, 0) is 0 Å². The van der Waals surface area contributed by atoms with Crippen molar-refractivity contribution in [2.75, 3.05) is 0 Å². The Balaban J connectivity index is 1.69. The van der Waals surface area contributed by atoms with Crippen LogP contribution in [0.5, 0.6) is 0 Å². The molecule has 0 fully saturated rings. The Kier molecular flexibility index (Phi) is 5.56. The highest BCUT2D eigenvalue weighted by Gasteiger charge is 2.30. The fourth-order valence-corrected chi connectivity index (χ4v) is 6.72. The van der Waals surface area contributed by atoms with Gasteiger partial charge in [-0.3, -0.25) is 0 Å². The number of benzene rings is 6. The highest BCUT2D eigenvalue weighted by Crippen LogP contribution is 2.44. The van der Waals surface area contributed by atoms with Crippen molar-refractivity contribution in [1.29, 1.82) is 15.8 Å². The summed E-state index contributed by atoms with van der Waals surface area (Å²) in [6.07, 6.45) is 0. The van der Waals surface area contributed by atoms with E-state index in [0.29, 0.717) is 16.9 Å². The Morgan fingerprint density at radius 3 is 1.02 bits per heavy atom. The predicted octanol–water partition coefficient (Wildman–Crippen LogP) is 9.16. The second-order valence-corrected chi connectivity index (χ2v) is 10.6. The predicted molar refractivity (Wildman–Crippen MR) is 175 cm³/mol. The largest absolute Gasteiger partial charge is 0.307 e. The van der Waals surface area contributed by atoms with Crippen molar-refractivity contribution >= 4 is 43.6 Å². The molecule has 0 saturated heterocycles. The Morgan fingerprint density at radius 1 is 0.364 bits per heavy atom. The van der Waals surface area contributed by atoms with E-state index in [1.165, 1.54) is 0 Å². The third kappa shape index (κ3) is 3.37. The van der Waals surface area contributed by atoms with Gasteiger partial charge in [-0.15, -0.1) is 0 Å².